The molecule has 1 aliphatic rings. The first-order chi connectivity index (χ1) is 14.3. The number of nitrogens with zero attached hydrogens (tertiary/aromatic N) is 2. The van der Waals surface area contributed by atoms with Gasteiger partial charge >= 0.3 is 0 Å². The largest absolute Gasteiger partial charge is 0.358 e. The van der Waals surface area contributed by atoms with Crippen molar-refractivity contribution >= 4 is 20.0 Å². The summed E-state index contributed by atoms with van der Waals surface area (Å²) in [6.07, 6.45) is -2.24. The molecule has 1 fully saturated rings. The molecule has 10 heteroatoms. The van der Waals surface area contributed by atoms with Crippen molar-refractivity contribution in [1.82, 2.24) is 8.61 Å². The molecule has 0 saturated carbocycles. The Morgan fingerprint density at radius 2 is 1.03 bits per heavy atom. The molecule has 0 aromatic heterocycles. The van der Waals surface area contributed by atoms with Crippen LogP contribution in [0.5, 0.6) is 0 Å². The summed E-state index contributed by atoms with van der Waals surface area (Å²) in [7, 11) is -7.82. The van der Waals surface area contributed by atoms with E-state index in [1.165, 1.54) is 32.9 Å². The third kappa shape index (κ3) is 4.43. The van der Waals surface area contributed by atoms with Gasteiger partial charge in [-0.25, -0.2) is 16.8 Å². The fourth-order valence-electron chi connectivity index (χ4n) is 3.38. The predicted octanol–water partition coefficient (Wildman–Crippen LogP) is 2.11. The molecule has 0 N–H and O–H groups in total. The van der Waals surface area contributed by atoms with E-state index >= 15 is 0 Å². The molecule has 3 rings (SSSR count). The number of sulfonamides is 2. The van der Waals surface area contributed by atoms with Crippen molar-refractivity contribution in [3.63, 3.8) is 0 Å². The Balaban J connectivity index is 2.02. The Labute approximate surface area is 178 Å². The van der Waals surface area contributed by atoms with Gasteiger partial charge in [0.25, 0.3) is 0 Å². The van der Waals surface area contributed by atoms with E-state index in [4.69, 9.17) is 9.47 Å². The lowest BCUT2D eigenvalue weighted by Crippen LogP contribution is -2.63. The molecule has 1 saturated heterocycles. The third-order valence-corrected chi connectivity index (χ3v) is 8.48. The maximum Gasteiger partial charge on any atom is 0.245 e. The van der Waals surface area contributed by atoms with Crippen LogP contribution in [0.25, 0.3) is 0 Å². The van der Waals surface area contributed by atoms with E-state index < -0.39 is 32.5 Å². The summed E-state index contributed by atoms with van der Waals surface area (Å²) in [5, 5.41) is 0. The van der Waals surface area contributed by atoms with Crippen LogP contribution in [0.1, 0.15) is 13.8 Å². The molecule has 0 amide bonds. The Morgan fingerprint density at radius 1 is 0.700 bits per heavy atom. The molecule has 1 heterocycles. The zero-order valence-electron chi connectivity index (χ0n) is 16.9. The van der Waals surface area contributed by atoms with Crippen molar-refractivity contribution in [2.75, 3.05) is 26.3 Å². The summed E-state index contributed by atoms with van der Waals surface area (Å²) in [4.78, 5) is 0.230. The van der Waals surface area contributed by atoms with Gasteiger partial charge in [0.2, 0.25) is 20.0 Å². The van der Waals surface area contributed by atoms with E-state index in [-0.39, 0.29) is 36.1 Å². The smallest absolute Gasteiger partial charge is 0.245 e. The highest BCUT2D eigenvalue weighted by molar-refractivity contribution is 7.89. The zero-order valence-corrected chi connectivity index (χ0v) is 18.6. The number of hydrogen-bond donors (Lipinski definition) is 0. The van der Waals surface area contributed by atoms with E-state index in [0.29, 0.717) is 0 Å². The highest BCUT2D eigenvalue weighted by atomic mass is 32.2. The summed E-state index contributed by atoms with van der Waals surface area (Å²) in [6.45, 7) is 3.71. The van der Waals surface area contributed by atoms with Crippen LogP contribution >= 0.6 is 0 Å². The van der Waals surface area contributed by atoms with Crippen LogP contribution in [0, 0.1) is 0 Å². The minimum absolute atomic E-state index is 0.0580. The minimum Gasteiger partial charge on any atom is -0.358 e. The van der Waals surface area contributed by atoms with Crippen molar-refractivity contribution in [2.45, 2.75) is 36.1 Å². The van der Waals surface area contributed by atoms with Crippen LogP contribution in [-0.4, -0.2) is 64.2 Å². The maximum atomic E-state index is 13.3. The Bertz CT molecular complexity index is 944. The topological polar surface area (TPSA) is 93.2 Å². The lowest BCUT2D eigenvalue weighted by Gasteiger charge is -2.44. The van der Waals surface area contributed by atoms with Gasteiger partial charge in [0.1, 0.15) is 0 Å². The molecule has 0 radical (unpaired) electrons. The number of hydrogen-bond acceptors (Lipinski definition) is 6. The average molecular weight is 455 g/mol. The van der Waals surface area contributed by atoms with E-state index in [0.717, 1.165) is 0 Å². The maximum absolute atomic E-state index is 13.3. The number of benzene rings is 2. The van der Waals surface area contributed by atoms with Crippen LogP contribution < -0.4 is 0 Å². The Kier molecular flexibility index (Phi) is 7.27. The van der Waals surface area contributed by atoms with E-state index in [2.05, 4.69) is 0 Å². The van der Waals surface area contributed by atoms with Crippen LogP contribution in [0.2, 0.25) is 0 Å². The van der Waals surface area contributed by atoms with Crippen molar-refractivity contribution in [1.29, 1.82) is 0 Å². The van der Waals surface area contributed by atoms with Crippen molar-refractivity contribution in [3.05, 3.63) is 60.7 Å². The summed E-state index contributed by atoms with van der Waals surface area (Å²) in [5.74, 6) is 0. The van der Waals surface area contributed by atoms with Gasteiger partial charge < -0.3 is 9.47 Å². The fraction of sp³-hybridized carbons (Fsp3) is 0.400. The third-order valence-electron chi connectivity index (χ3n) is 4.73. The Hall–Kier alpha value is -1.82. The van der Waals surface area contributed by atoms with Crippen molar-refractivity contribution < 1.29 is 26.3 Å². The molecule has 2 unspecified atom stereocenters. The molecule has 1 aliphatic heterocycles. The molecular weight excluding hydrogens is 428 g/mol. The SMILES string of the molecule is CCOC1C(OCC)N(S(=O)(=O)c2ccccc2)CCN1S(=O)(=O)c1ccccc1. The number of rotatable bonds is 8. The normalized spacial score (nSPS) is 21.5. The van der Waals surface area contributed by atoms with E-state index in [9.17, 15) is 16.8 Å². The van der Waals surface area contributed by atoms with Gasteiger partial charge in [0, 0.05) is 26.3 Å². The van der Waals surface area contributed by atoms with Gasteiger partial charge in [-0.1, -0.05) is 36.4 Å². The molecular formula is C20H26N2O6S2. The predicted molar refractivity (Wildman–Crippen MR) is 111 cm³/mol. The molecule has 30 heavy (non-hydrogen) atoms. The molecule has 164 valence electrons. The number of ether oxygens (including phenoxy) is 2. The van der Waals surface area contributed by atoms with Crippen molar-refractivity contribution in [3.8, 4) is 0 Å². The Morgan fingerprint density at radius 3 is 1.33 bits per heavy atom. The number of piperazine rings is 1. The second-order valence-corrected chi connectivity index (χ2v) is 10.3. The van der Waals surface area contributed by atoms with E-state index in [1.807, 2.05) is 0 Å². The molecule has 8 nitrogen and oxygen atoms in total. The summed E-state index contributed by atoms with van der Waals surface area (Å²) < 4.78 is 66.9. The molecule has 0 spiro atoms. The summed E-state index contributed by atoms with van der Waals surface area (Å²) >= 11 is 0. The van der Waals surface area contributed by atoms with Crippen LogP contribution in [-0.2, 0) is 29.5 Å². The van der Waals surface area contributed by atoms with Gasteiger partial charge in [0.05, 0.1) is 9.79 Å². The first kappa shape index (κ1) is 22.9. The molecule has 0 aliphatic carbocycles. The van der Waals surface area contributed by atoms with Gasteiger partial charge in [0.15, 0.2) is 12.5 Å². The fourth-order valence-corrected chi connectivity index (χ4v) is 6.44. The van der Waals surface area contributed by atoms with Crippen molar-refractivity contribution in [2.24, 2.45) is 0 Å². The van der Waals surface area contributed by atoms with Crippen LogP contribution in [0.15, 0.2) is 70.5 Å². The summed E-state index contributed by atoms with van der Waals surface area (Å²) in [6, 6.07) is 16.0. The van der Waals surface area contributed by atoms with Gasteiger partial charge in [-0.15, -0.1) is 0 Å². The van der Waals surface area contributed by atoms with Gasteiger partial charge in [-0.2, -0.15) is 8.61 Å². The van der Waals surface area contributed by atoms with Gasteiger partial charge in [-0.05, 0) is 38.1 Å². The first-order valence-corrected chi connectivity index (χ1v) is 12.6. The molecule has 2 aromatic carbocycles. The second-order valence-electron chi connectivity index (χ2n) is 6.55. The average Bonchev–Trinajstić information content (AvgIpc) is 2.76. The highest BCUT2D eigenvalue weighted by Gasteiger charge is 2.48. The molecule has 0 bridgehead atoms. The summed E-state index contributed by atoms with van der Waals surface area (Å²) in [5.41, 5.74) is 0. The zero-order chi connectivity index (χ0) is 21.8. The van der Waals surface area contributed by atoms with E-state index in [1.54, 1.807) is 50.2 Å². The highest BCUT2D eigenvalue weighted by Crippen LogP contribution is 2.30. The second kappa shape index (κ2) is 9.54. The molecule has 2 atom stereocenters. The van der Waals surface area contributed by atoms with Crippen LogP contribution in [0.4, 0.5) is 0 Å². The quantitative estimate of drug-likeness (QED) is 0.607. The molecule has 2 aromatic rings. The van der Waals surface area contributed by atoms with Gasteiger partial charge in [-0.3, -0.25) is 0 Å². The first-order valence-electron chi connectivity index (χ1n) is 9.71. The lowest BCUT2D eigenvalue weighted by molar-refractivity contribution is -0.173. The lowest BCUT2D eigenvalue weighted by atomic mass is 10.3. The monoisotopic (exact) mass is 454 g/mol. The van der Waals surface area contributed by atoms with Crippen LogP contribution in [0.3, 0.4) is 0 Å². The standard InChI is InChI=1S/C20H26N2O6S2/c1-3-27-19-20(28-4-2)22(30(25,26)18-13-9-6-10-14-18)16-15-21(19)29(23,24)17-11-7-5-8-12-17/h5-14,19-20H,3-4,15-16H2,1-2H3. The minimum atomic E-state index is -3.91.